The highest BCUT2D eigenvalue weighted by Crippen LogP contribution is 2.31. The summed E-state index contributed by atoms with van der Waals surface area (Å²) in [6.07, 6.45) is 0. The van der Waals surface area contributed by atoms with Crippen molar-refractivity contribution < 1.29 is 0 Å². The number of hydrogen-bond acceptors (Lipinski definition) is 5. The number of benzene rings is 2. The van der Waals surface area contributed by atoms with Gasteiger partial charge in [-0.2, -0.15) is 4.68 Å². The first-order valence-corrected chi connectivity index (χ1v) is 8.87. The van der Waals surface area contributed by atoms with Crippen LogP contribution in [0.2, 0.25) is 5.02 Å². The fraction of sp³-hybridized carbons (Fsp3) is 0.0556. The lowest BCUT2D eigenvalue weighted by Gasteiger charge is -2.03. The van der Waals surface area contributed by atoms with Gasteiger partial charge in [0.1, 0.15) is 5.01 Å². The van der Waals surface area contributed by atoms with E-state index < -0.39 is 0 Å². The fourth-order valence-corrected chi connectivity index (χ4v) is 3.48. The summed E-state index contributed by atoms with van der Waals surface area (Å²) in [5.74, 6) is 0.437. The summed E-state index contributed by atoms with van der Waals surface area (Å²) < 4.78 is 1.56. The number of nitrogens with two attached hydrogens (primary N) is 1. The molecule has 124 valence electrons. The van der Waals surface area contributed by atoms with E-state index in [4.69, 9.17) is 17.3 Å². The van der Waals surface area contributed by atoms with E-state index in [1.807, 2.05) is 17.5 Å². The molecule has 25 heavy (non-hydrogen) atoms. The smallest absolute Gasteiger partial charge is 0.165 e. The molecule has 2 aromatic heterocycles. The summed E-state index contributed by atoms with van der Waals surface area (Å²) in [6.45, 7) is 2.06. The Morgan fingerprint density at radius 1 is 1.12 bits per heavy atom. The fourth-order valence-electron chi connectivity index (χ4n) is 2.48. The molecule has 0 aliphatic heterocycles. The van der Waals surface area contributed by atoms with Crippen molar-refractivity contribution in [1.82, 2.24) is 20.0 Å². The van der Waals surface area contributed by atoms with Gasteiger partial charge in [-0.25, -0.2) is 4.98 Å². The van der Waals surface area contributed by atoms with Gasteiger partial charge in [0.25, 0.3) is 0 Å². The summed E-state index contributed by atoms with van der Waals surface area (Å²) in [5.41, 5.74) is 10.8. The zero-order valence-corrected chi connectivity index (χ0v) is 14.9. The standard InChI is InChI=1S/C18H14ClN5S/c1-11-5-7-12(8-6-11)15-10-25-18(21-15)16-17(20)24(23-22-16)14-4-2-3-13(19)9-14/h2-10H,20H2,1H3. The summed E-state index contributed by atoms with van der Waals surface area (Å²) >= 11 is 7.54. The molecule has 0 aliphatic carbocycles. The molecule has 0 unspecified atom stereocenters. The van der Waals surface area contributed by atoms with Crippen molar-refractivity contribution in [2.45, 2.75) is 6.92 Å². The molecule has 2 heterocycles. The number of aromatic nitrogens is 4. The minimum Gasteiger partial charge on any atom is -0.382 e. The Balaban J connectivity index is 1.71. The molecule has 0 aliphatic rings. The monoisotopic (exact) mass is 367 g/mol. The number of nitrogens with zero attached hydrogens (tertiary/aromatic N) is 4. The summed E-state index contributed by atoms with van der Waals surface area (Å²) in [7, 11) is 0. The van der Waals surface area contributed by atoms with Crippen molar-refractivity contribution >= 4 is 28.8 Å². The van der Waals surface area contributed by atoms with Gasteiger partial charge >= 0.3 is 0 Å². The Labute approximate surface area is 153 Å². The van der Waals surface area contributed by atoms with Crippen LogP contribution in [-0.2, 0) is 0 Å². The van der Waals surface area contributed by atoms with Crippen LogP contribution < -0.4 is 5.73 Å². The second kappa shape index (κ2) is 6.31. The molecule has 4 aromatic rings. The van der Waals surface area contributed by atoms with Gasteiger partial charge < -0.3 is 5.73 Å². The molecule has 4 rings (SSSR count). The van der Waals surface area contributed by atoms with Gasteiger partial charge in [0.2, 0.25) is 0 Å². The van der Waals surface area contributed by atoms with E-state index in [0.29, 0.717) is 16.5 Å². The number of aryl methyl sites for hydroxylation is 1. The van der Waals surface area contributed by atoms with E-state index in [1.54, 1.807) is 16.8 Å². The van der Waals surface area contributed by atoms with Crippen LogP contribution in [0.1, 0.15) is 5.56 Å². The Bertz CT molecular complexity index is 1040. The third-order valence-electron chi connectivity index (χ3n) is 3.81. The van der Waals surface area contributed by atoms with Gasteiger partial charge in [-0.1, -0.05) is 52.7 Å². The van der Waals surface area contributed by atoms with Gasteiger partial charge in [0.05, 0.1) is 11.4 Å². The lowest BCUT2D eigenvalue weighted by atomic mass is 10.1. The summed E-state index contributed by atoms with van der Waals surface area (Å²) in [5, 5.41) is 11.7. The molecule has 2 N–H and O–H groups in total. The Morgan fingerprint density at radius 2 is 1.92 bits per heavy atom. The third-order valence-corrected chi connectivity index (χ3v) is 4.90. The minimum absolute atomic E-state index is 0.437. The van der Waals surface area contributed by atoms with Crippen molar-refractivity contribution in [2.24, 2.45) is 0 Å². The number of thiazole rings is 1. The van der Waals surface area contributed by atoms with E-state index >= 15 is 0 Å². The van der Waals surface area contributed by atoms with Gasteiger partial charge in [-0.15, -0.1) is 16.4 Å². The molecule has 0 saturated carbocycles. The Hall–Kier alpha value is -2.70. The molecule has 0 amide bonds. The van der Waals surface area contributed by atoms with Crippen LogP contribution in [-0.4, -0.2) is 20.0 Å². The van der Waals surface area contributed by atoms with Crippen LogP contribution >= 0.6 is 22.9 Å². The maximum absolute atomic E-state index is 6.25. The number of anilines is 1. The average Bonchev–Trinajstić information content (AvgIpc) is 3.22. The predicted molar refractivity (Wildman–Crippen MR) is 102 cm³/mol. The number of halogens is 1. The molecule has 0 saturated heterocycles. The van der Waals surface area contributed by atoms with E-state index in [1.165, 1.54) is 16.9 Å². The highest BCUT2D eigenvalue weighted by atomic mass is 35.5. The molecule has 0 bridgehead atoms. The van der Waals surface area contributed by atoms with Crippen LogP contribution in [0.5, 0.6) is 0 Å². The molecule has 2 aromatic carbocycles. The molecule has 7 heteroatoms. The van der Waals surface area contributed by atoms with Crippen LogP contribution in [0.3, 0.4) is 0 Å². The van der Waals surface area contributed by atoms with Crippen molar-refractivity contribution in [3.8, 4) is 27.6 Å². The summed E-state index contributed by atoms with van der Waals surface area (Å²) in [4.78, 5) is 4.66. The van der Waals surface area contributed by atoms with Crippen molar-refractivity contribution in [1.29, 1.82) is 0 Å². The van der Waals surface area contributed by atoms with E-state index in [9.17, 15) is 0 Å². The first-order valence-electron chi connectivity index (χ1n) is 7.62. The molecular weight excluding hydrogens is 354 g/mol. The Morgan fingerprint density at radius 3 is 2.68 bits per heavy atom. The molecule has 5 nitrogen and oxygen atoms in total. The molecule has 0 spiro atoms. The molecule has 0 radical (unpaired) electrons. The summed E-state index contributed by atoms with van der Waals surface area (Å²) in [6, 6.07) is 15.6. The SMILES string of the molecule is Cc1ccc(-c2csc(-c3nnn(-c4cccc(Cl)c4)c3N)n2)cc1. The molecule has 0 atom stereocenters. The molecular formula is C18H14ClN5S. The largest absolute Gasteiger partial charge is 0.382 e. The van der Waals surface area contributed by atoms with Crippen LogP contribution in [0.15, 0.2) is 53.9 Å². The Kier molecular flexibility index (Phi) is 3.99. The van der Waals surface area contributed by atoms with Crippen LogP contribution in [0.4, 0.5) is 5.82 Å². The maximum Gasteiger partial charge on any atom is 0.165 e. The second-order valence-electron chi connectivity index (χ2n) is 5.62. The molecule has 0 fully saturated rings. The zero-order chi connectivity index (χ0) is 17.4. The lowest BCUT2D eigenvalue weighted by Crippen LogP contribution is -2.02. The lowest BCUT2D eigenvalue weighted by molar-refractivity contribution is 0.810. The number of nitrogen functional groups attached to an aromatic ring is 1. The van der Waals surface area contributed by atoms with E-state index in [0.717, 1.165) is 22.0 Å². The van der Waals surface area contributed by atoms with Crippen LogP contribution in [0.25, 0.3) is 27.6 Å². The van der Waals surface area contributed by atoms with Crippen molar-refractivity contribution in [2.75, 3.05) is 5.73 Å². The quantitative estimate of drug-likeness (QED) is 0.574. The first-order chi connectivity index (χ1) is 12.1. The van der Waals surface area contributed by atoms with E-state index in [2.05, 4.69) is 46.5 Å². The zero-order valence-electron chi connectivity index (χ0n) is 13.3. The normalized spacial score (nSPS) is 11.0. The van der Waals surface area contributed by atoms with E-state index in [-0.39, 0.29) is 0 Å². The highest BCUT2D eigenvalue weighted by Gasteiger charge is 2.17. The number of rotatable bonds is 3. The van der Waals surface area contributed by atoms with Gasteiger partial charge in [0, 0.05) is 16.0 Å². The third kappa shape index (κ3) is 3.01. The average molecular weight is 368 g/mol. The predicted octanol–water partition coefficient (Wildman–Crippen LogP) is 4.60. The van der Waals surface area contributed by atoms with Crippen molar-refractivity contribution in [3.63, 3.8) is 0 Å². The second-order valence-corrected chi connectivity index (χ2v) is 6.91. The first kappa shape index (κ1) is 15.8. The van der Waals surface area contributed by atoms with Gasteiger partial charge in [0.15, 0.2) is 11.5 Å². The number of hydrogen-bond donors (Lipinski definition) is 1. The maximum atomic E-state index is 6.25. The topological polar surface area (TPSA) is 69.6 Å². The minimum atomic E-state index is 0.437. The van der Waals surface area contributed by atoms with Crippen LogP contribution in [0, 0.1) is 6.92 Å². The van der Waals surface area contributed by atoms with Gasteiger partial charge in [-0.3, -0.25) is 0 Å². The van der Waals surface area contributed by atoms with Crippen molar-refractivity contribution in [3.05, 3.63) is 64.5 Å². The van der Waals surface area contributed by atoms with Gasteiger partial charge in [-0.05, 0) is 25.1 Å². The highest BCUT2D eigenvalue weighted by molar-refractivity contribution is 7.13.